The van der Waals surface area contributed by atoms with E-state index in [4.69, 9.17) is 4.74 Å². The molecule has 0 radical (unpaired) electrons. The Morgan fingerprint density at radius 3 is 2.67 bits per heavy atom. The number of amides is 1. The zero-order valence-electron chi connectivity index (χ0n) is 14.7. The summed E-state index contributed by atoms with van der Waals surface area (Å²) in [5, 5.41) is 2.82. The number of sulfonamides is 1. The molecule has 144 valence electrons. The maximum absolute atomic E-state index is 12.6. The Morgan fingerprint density at radius 2 is 1.96 bits per heavy atom. The lowest BCUT2D eigenvalue weighted by atomic mass is 10.1. The highest BCUT2D eigenvalue weighted by atomic mass is 79.9. The average Bonchev–Trinajstić information content (AvgIpc) is 3.17. The van der Waals surface area contributed by atoms with Gasteiger partial charge in [0.2, 0.25) is 0 Å². The number of hydrogen-bond acceptors (Lipinski definition) is 4. The number of benzene rings is 2. The van der Waals surface area contributed by atoms with Gasteiger partial charge in [-0.2, -0.15) is 0 Å². The van der Waals surface area contributed by atoms with Gasteiger partial charge in [-0.15, -0.1) is 0 Å². The first-order valence-electron chi connectivity index (χ1n) is 8.72. The predicted molar refractivity (Wildman–Crippen MR) is 107 cm³/mol. The van der Waals surface area contributed by atoms with Crippen LogP contribution in [0.4, 0.5) is 5.69 Å². The second kappa shape index (κ2) is 8.86. The number of halogens is 1. The molecule has 1 aliphatic heterocycles. The van der Waals surface area contributed by atoms with Crippen molar-refractivity contribution >= 4 is 37.5 Å². The highest BCUT2D eigenvalue weighted by Gasteiger charge is 2.18. The van der Waals surface area contributed by atoms with Crippen molar-refractivity contribution in [2.24, 2.45) is 0 Å². The zero-order valence-corrected chi connectivity index (χ0v) is 17.1. The molecule has 27 heavy (non-hydrogen) atoms. The third-order valence-corrected chi connectivity index (χ3v) is 6.19. The number of nitrogens with one attached hydrogen (secondary N) is 2. The number of rotatable bonds is 7. The van der Waals surface area contributed by atoms with Crippen LogP contribution >= 0.6 is 15.9 Å². The van der Waals surface area contributed by atoms with Crippen molar-refractivity contribution in [3.8, 4) is 0 Å². The molecule has 6 nitrogen and oxygen atoms in total. The Hall–Kier alpha value is -1.90. The molecule has 0 aromatic heterocycles. The smallest absolute Gasteiger partial charge is 0.261 e. The number of hydrogen-bond donors (Lipinski definition) is 2. The van der Waals surface area contributed by atoms with Crippen molar-refractivity contribution in [2.75, 3.05) is 17.9 Å². The second-order valence-corrected chi connectivity index (χ2v) is 8.92. The van der Waals surface area contributed by atoms with Gasteiger partial charge in [-0.3, -0.25) is 9.52 Å². The van der Waals surface area contributed by atoms with Crippen LogP contribution in [0.3, 0.4) is 0 Å². The van der Waals surface area contributed by atoms with Crippen LogP contribution in [0.15, 0.2) is 57.9 Å². The van der Waals surface area contributed by atoms with Crippen LogP contribution < -0.4 is 10.0 Å². The number of anilines is 1. The van der Waals surface area contributed by atoms with E-state index in [0.29, 0.717) is 17.8 Å². The third-order valence-electron chi connectivity index (χ3n) is 4.28. The van der Waals surface area contributed by atoms with Gasteiger partial charge in [0.05, 0.1) is 11.0 Å². The summed E-state index contributed by atoms with van der Waals surface area (Å²) in [6.07, 6.45) is 3.04. The minimum atomic E-state index is -3.78. The largest absolute Gasteiger partial charge is 0.378 e. The van der Waals surface area contributed by atoms with Gasteiger partial charge in [0.15, 0.2) is 0 Å². The molecule has 0 bridgehead atoms. The number of ether oxygens (including phenoxy) is 1. The van der Waals surface area contributed by atoms with Crippen LogP contribution in [0.2, 0.25) is 0 Å². The summed E-state index contributed by atoms with van der Waals surface area (Å²) in [5.74, 6) is -0.298. The first-order chi connectivity index (χ1) is 12.9. The summed E-state index contributed by atoms with van der Waals surface area (Å²) in [4.78, 5) is 12.4. The maximum atomic E-state index is 12.6. The van der Waals surface area contributed by atoms with E-state index in [2.05, 4.69) is 26.0 Å². The molecular formula is C19H21BrN2O4S. The Balaban J connectivity index is 1.64. The quantitative estimate of drug-likeness (QED) is 0.672. The van der Waals surface area contributed by atoms with E-state index in [0.717, 1.165) is 30.3 Å². The molecule has 2 aromatic carbocycles. The molecule has 8 heteroatoms. The zero-order chi connectivity index (χ0) is 19.3. The highest BCUT2D eigenvalue weighted by molar-refractivity contribution is 9.10. The minimum Gasteiger partial charge on any atom is -0.378 e. The fourth-order valence-corrected chi connectivity index (χ4v) is 4.23. The second-order valence-electron chi connectivity index (χ2n) is 6.32. The van der Waals surface area contributed by atoms with Crippen LogP contribution in [0.25, 0.3) is 0 Å². The topological polar surface area (TPSA) is 84.5 Å². The van der Waals surface area contributed by atoms with Crippen LogP contribution in [0.5, 0.6) is 0 Å². The van der Waals surface area contributed by atoms with Crippen LogP contribution in [-0.4, -0.2) is 33.6 Å². The molecule has 0 aliphatic carbocycles. The van der Waals surface area contributed by atoms with E-state index >= 15 is 0 Å². The van der Waals surface area contributed by atoms with Crippen molar-refractivity contribution in [2.45, 2.75) is 30.3 Å². The summed E-state index contributed by atoms with van der Waals surface area (Å²) in [6, 6.07) is 12.8. The van der Waals surface area contributed by atoms with E-state index in [1.165, 1.54) is 12.1 Å². The Labute approximate surface area is 167 Å². The fourth-order valence-electron chi connectivity index (χ4n) is 2.86. The van der Waals surface area contributed by atoms with E-state index in [1.807, 2.05) is 0 Å². The summed E-state index contributed by atoms with van der Waals surface area (Å²) >= 11 is 3.31. The van der Waals surface area contributed by atoms with E-state index in [-0.39, 0.29) is 16.9 Å². The first-order valence-corrected chi connectivity index (χ1v) is 11.0. The first kappa shape index (κ1) is 19.9. The molecule has 1 heterocycles. The lowest BCUT2D eigenvalue weighted by Gasteiger charge is -2.11. The summed E-state index contributed by atoms with van der Waals surface area (Å²) in [7, 11) is -3.78. The van der Waals surface area contributed by atoms with Gasteiger partial charge in [0.1, 0.15) is 0 Å². The van der Waals surface area contributed by atoms with Gasteiger partial charge in [-0.05, 0) is 61.7 Å². The van der Waals surface area contributed by atoms with Crippen LogP contribution in [-0.2, 0) is 14.8 Å². The standard InChI is InChI=1S/C19H21BrN2O4S/c20-15-6-8-16(9-7-15)22-27(24,25)18-5-1-3-14(13-18)19(23)21-11-10-17-4-2-12-26-17/h1,3,5-9,13,17,22H,2,4,10-12H2,(H,21,23)/t17-/m0/s1. The molecular weight excluding hydrogens is 432 g/mol. The molecule has 0 spiro atoms. The van der Waals surface area contributed by atoms with Crippen molar-refractivity contribution in [1.82, 2.24) is 5.32 Å². The summed E-state index contributed by atoms with van der Waals surface area (Å²) in [5.41, 5.74) is 0.755. The highest BCUT2D eigenvalue weighted by Crippen LogP contribution is 2.19. The minimum absolute atomic E-state index is 0.0391. The molecule has 1 saturated heterocycles. The van der Waals surface area contributed by atoms with Crippen molar-refractivity contribution in [1.29, 1.82) is 0 Å². The van der Waals surface area contributed by atoms with E-state index < -0.39 is 10.0 Å². The SMILES string of the molecule is O=C(NCC[C@@H]1CCCO1)c1cccc(S(=O)(=O)Nc2ccc(Br)cc2)c1. The van der Waals surface area contributed by atoms with Gasteiger partial charge < -0.3 is 10.1 Å². The van der Waals surface area contributed by atoms with Crippen molar-refractivity contribution in [3.63, 3.8) is 0 Å². The van der Waals surface area contributed by atoms with Crippen molar-refractivity contribution < 1.29 is 17.9 Å². The monoisotopic (exact) mass is 452 g/mol. The van der Waals surface area contributed by atoms with Gasteiger partial charge >= 0.3 is 0 Å². The third kappa shape index (κ3) is 5.54. The Bertz CT molecular complexity index is 894. The number of carbonyl (C=O) groups excluding carboxylic acids is 1. The van der Waals surface area contributed by atoms with E-state index in [9.17, 15) is 13.2 Å². The van der Waals surface area contributed by atoms with Gasteiger partial charge in [0, 0.05) is 28.9 Å². The van der Waals surface area contributed by atoms with Crippen LogP contribution in [0.1, 0.15) is 29.6 Å². The lowest BCUT2D eigenvalue weighted by molar-refractivity contribution is 0.0907. The molecule has 1 atom stereocenters. The molecule has 0 unspecified atom stereocenters. The lowest BCUT2D eigenvalue weighted by Crippen LogP contribution is -2.27. The molecule has 2 N–H and O–H groups in total. The summed E-state index contributed by atoms with van der Waals surface area (Å²) in [6.45, 7) is 1.28. The number of carbonyl (C=O) groups is 1. The predicted octanol–water partition coefficient (Wildman–Crippen LogP) is 3.55. The average molecular weight is 453 g/mol. The molecule has 0 saturated carbocycles. The van der Waals surface area contributed by atoms with Crippen molar-refractivity contribution in [3.05, 3.63) is 58.6 Å². The molecule has 1 fully saturated rings. The fraction of sp³-hybridized carbons (Fsp3) is 0.316. The molecule has 1 aliphatic rings. The maximum Gasteiger partial charge on any atom is 0.261 e. The molecule has 3 rings (SSSR count). The van der Waals surface area contributed by atoms with Gasteiger partial charge in [-0.1, -0.05) is 22.0 Å². The summed E-state index contributed by atoms with van der Waals surface area (Å²) < 4.78 is 34.0. The molecule has 2 aromatic rings. The van der Waals surface area contributed by atoms with Gasteiger partial charge in [0.25, 0.3) is 15.9 Å². The van der Waals surface area contributed by atoms with E-state index in [1.54, 1.807) is 36.4 Å². The Kier molecular flexibility index (Phi) is 6.51. The van der Waals surface area contributed by atoms with Crippen LogP contribution in [0, 0.1) is 0 Å². The molecule has 1 amide bonds. The Morgan fingerprint density at radius 1 is 1.19 bits per heavy atom. The normalized spacial score (nSPS) is 16.9. The van der Waals surface area contributed by atoms with Gasteiger partial charge in [-0.25, -0.2) is 8.42 Å².